The Morgan fingerprint density at radius 2 is 1.82 bits per heavy atom. The number of aryl methyl sites for hydroxylation is 1. The van der Waals surface area contributed by atoms with Gasteiger partial charge in [0.2, 0.25) is 17.7 Å². The van der Waals surface area contributed by atoms with Gasteiger partial charge in [-0.25, -0.2) is 22.2 Å². The highest BCUT2D eigenvalue weighted by Gasteiger charge is 2.25. The molecule has 6 rings (SSSR count). The summed E-state index contributed by atoms with van der Waals surface area (Å²) >= 11 is 0. The molecule has 0 radical (unpaired) electrons. The molecule has 5 aromatic rings. The fourth-order valence-corrected chi connectivity index (χ4v) is 6.47. The summed E-state index contributed by atoms with van der Waals surface area (Å²) in [6.45, 7) is 6.01. The van der Waals surface area contributed by atoms with Crippen LogP contribution in [0.25, 0.3) is 33.5 Å². The SMILES string of the molecule is COc1ncc(-c2cc(-c3nnc(CN4C[C@@H](C)O[C@@H](C)C4)o3)c3cnn(C)c3c2)cc1NS(=O)(=O)c1ccc(F)cc1F. The maximum absolute atomic E-state index is 14.4. The Bertz CT molecular complexity index is 1950. The number of fused-ring (bicyclic) bond motifs is 1. The first-order chi connectivity index (χ1) is 21.0. The zero-order chi connectivity index (χ0) is 31.2. The molecule has 2 atom stereocenters. The molecular weight excluding hydrogens is 596 g/mol. The number of sulfonamides is 1. The number of rotatable bonds is 8. The number of ether oxygens (including phenoxy) is 2. The molecule has 3 aromatic heterocycles. The summed E-state index contributed by atoms with van der Waals surface area (Å²) in [6.07, 6.45) is 3.40. The fraction of sp³-hybridized carbons (Fsp3) is 0.310. The maximum atomic E-state index is 14.4. The standard InChI is InChI=1S/C29H29F2N7O5S/c1-16-13-38(14-17(2)42-16)15-27-34-35-28(43-27)21-7-18(9-25-22(21)12-33-37(25)3)19-8-24(29(41-4)32-11-19)36-44(39,40)26-6-5-20(30)10-23(26)31/h5-12,16-17,36H,13-15H2,1-4H3/t16-,17+. The van der Waals surface area contributed by atoms with Crippen molar-refractivity contribution in [1.82, 2.24) is 29.9 Å². The van der Waals surface area contributed by atoms with E-state index in [0.29, 0.717) is 41.1 Å². The van der Waals surface area contributed by atoms with Gasteiger partial charge in [0.25, 0.3) is 10.0 Å². The van der Waals surface area contributed by atoms with Crippen LogP contribution in [-0.4, -0.2) is 70.7 Å². The molecule has 0 saturated carbocycles. The monoisotopic (exact) mass is 625 g/mol. The van der Waals surface area contributed by atoms with Crippen LogP contribution in [0.15, 0.2) is 58.1 Å². The van der Waals surface area contributed by atoms with E-state index < -0.39 is 26.6 Å². The van der Waals surface area contributed by atoms with Crippen molar-refractivity contribution >= 4 is 26.6 Å². The molecule has 1 aliphatic rings. The third-order valence-corrected chi connectivity index (χ3v) is 8.62. The lowest BCUT2D eigenvalue weighted by Crippen LogP contribution is -2.44. The summed E-state index contributed by atoms with van der Waals surface area (Å²) in [5.74, 6) is -1.43. The summed E-state index contributed by atoms with van der Waals surface area (Å²) in [4.78, 5) is 5.75. The average Bonchev–Trinajstić information content (AvgIpc) is 3.58. The molecule has 4 heterocycles. The van der Waals surface area contributed by atoms with E-state index in [0.717, 1.165) is 36.1 Å². The highest BCUT2D eigenvalue weighted by Crippen LogP contribution is 2.36. The number of morpholine rings is 1. The van der Waals surface area contributed by atoms with Crippen LogP contribution in [0.4, 0.5) is 14.5 Å². The van der Waals surface area contributed by atoms with Crippen LogP contribution >= 0.6 is 0 Å². The Kier molecular flexibility index (Phi) is 7.77. The summed E-state index contributed by atoms with van der Waals surface area (Å²) in [5, 5.41) is 13.8. The van der Waals surface area contributed by atoms with Crippen molar-refractivity contribution in [2.75, 3.05) is 24.9 Å². The van der Waals surface area contributed by atoms with Crippen molar-refractivity contribution in [2.45, 2.75) is 37.5 Å². The number of benzene rings is 2. The molecule has 0 bridgehead atoms. The van der Waals surface area contributed by atoms with Crippen molar-refractivity contribution in [3.05, 3.63) is 66.3 Å². The molecule has 0 amide bonds. The van der Waals surface area contributed by atoms with E-state index in [1.54, 1.807) is 17.9 Å². The van der Waals surface area contributed by atoms with Gasteiger partial charge in [-0.05, 0) is 49.7 Å². The molecule has 15 heteroatoms. The second kappa shape index (κ2) is 11.6. The van der Waals surface area contributed by atoms with E-state index in [-0.39, 0.29) is 23.8 Å². The predicted molar refractivity (Wildman–Crippen MR) is 156 cm³/mol. The molecule has 0 aliphatic carbocycles. The fourth-order valence-electron chi connectivity index (χ4n) is 5.36. The Morgan fingerprint density at radius 3 is 2.55 bits per heavy atom. The summed E-state index contributed by atoms with van der Waals surface area (Å²) in [6, 6.07) is 7.39. The normalized spacial score (nSPS) is 17.7. The van der Waals surface area contributed by atoms with E-state index >= 15 is 0 Å². The zero-order valence-electron chi connectivity index (χ0n) is 24.3. The minimum Gasteiger partial charge on any atom is -0.480 e. The van der Waals surface area contributed by atoms with E-state index in [1.807, 2.05) is 26.0 Å². The second-order valence-electron chi connectivity index (χ2n) is 10.6. The first-order valence-corrected chi connectivity index (χ1v) is 15.2. The van der Waals surface area contributed by atoms with Crippen LogP contribution in [0.5, 0.6) is 5.88 Å². The van der Waals surface area contributed by atoms with Crippen molar-refractivity contribution in [1.29, 1.82) is 0 Å². The molecule has 1 fully saturated rings. The van der Waals surface area contributed by atoms with Gasteiger partial charge in [0, 0.05) is 43.4 Å². The minimum absolute atomic E-state index is 0.0463. The van der Waals surface area contributed by atoms with Crippen LogP contribution in [0.2, 0.25) is 0 Å². The highest BCUT2D eigenvalue weighted by molar-refractivity contribution is 7.92. The van der Waals surface area contributed by atoms with E-state index in [4.69, 9.17) is 13.9 Å². The smallest absolute Gasteiger partial charge is 0.264 e. The quantitative estimate of drug-likeness (QED) is 0.264. The van der Waals surface area contributed by atoms with E-state index in [2.05, 4.69) is 29.9 Å². The average molecular weight is 626 g/mol. The van der Waals surface area contributed by atoms with Gasteiger partial charge in [-0.1, -0.05) is 0 Å². The third kappa shape index (κ3) is 5.85. The van der Waals surface area contributed by atoms with Crippen LogP contribution < -0.4 is 9.46 Å². The van der Waals surface area contributed by atoms with Gasteiger partial charge < -0.3 is 13.9 Å². The van der Waals surface area contributed by atoms with Crippen molar-refractivity contribution in [3.63, 3.8) is 0 Å². The van der Waals surface area contributed by atoms with Gasteiger partial charge in [-0.2, -0.15) is 5.10 Å². The first kappa shape index (κ1) is 29.6. The highest BCUT2D eigenvalue weighted by atomic mass is 32.2. The van der Waals surface area contributed by atoms with E-state index in [1.165, 1.54) is 19.4 Å². The predicted octanol–water partition coefficient (Wildman–Crippen LogP) is 4.38. The molecule has 1 N–H and O–H groups in total. The van der Waals surface area contributed by atoms with Gasteiger partial charge >= 0.3 is 0 Å². The Morgan fingerprint density at radius 1 is 1.05 bits per heavy atom. The molecule has 12 nitrogen and oxygen atoms in total. The lowest BCUT2D eigenvalue weighted by Gasteiger charge is -2.34. The molecule has 1 saturated heterocycles. The molecular formula is C29H29F2N7O5S. The van der Waals surface area contributed by atoms with Crippen molar-refractivity contribution in [3.8, 4) is 28.5 Å². The number of aromatic nitrogens is 5. The van der Waals surface area contributed by atoms with Gasteiger partial charge in [-0.3, -0.25) is 14.3 Å². The van der Waals surface area contributed by atoms with Gasteiger partial charge in [0.15, 0.2) is 0 Å². The topological polar surface area (TPSA) is 138 Å². The third-order valence-electron chi connectivity index (χ3n) is 7.22. The molecule has 2 aromatic carbocycles. The lowest BCUT2D eigenvalue weighted by atomic mass is 10.0. The van der Waals surface area contributed by atoms with Gasteiger partial charge in [0.1, 0.15) is 22.2 Å². The summed E-state index contributed by atoms with van der Waals surface area (Å²) in [5.41, 5.74) is 2.46. The Balaban J connectivity index is 1.36. The number of hydrogen-bond acceptors (Lipinski definition) is 10. The van der Waals surface area contributed by atoms with Crippen LogP contribution in [0.1, 0.15) is 19.7 Å². The van der Waals surface area contributed by atoms with Gasteiger partial charge in [-0.15, -0.1) is 10.2 Å². The number of nitrogens with zero attached hydrogens (tertiary/aromatic N) is 6. The first-order valence-electron chi connectivity index (χ1n) is 13.7. The van der Waals surface area contributed by atoms with Crippen LogP contribution in [0.3, 0.4) is 0 Å². The minimum atomic E-state index is -4.46. The van der Waals surface area contributed by atoms with Crippen molar-refractivity contribution in [2.24, 2.45) is 7.05 Å². The molecule has 230 valence electrons. The van der Waals surface area contributed by atoms with Crippen LogP contribution in [-0.2, 0) is 28.4 Å². The zero-order valence-corrected chi connectivity index (χ0v) is 25.1. The number of hydrogen-bond donors (Lipinski definition) is 1. The maximum Gasteiger partial charge on any atom is 0.264 e. The second-order valence-corrected chi connectivity index (χ2v) is 12.3. The molecule has 0 unspecified atom stereocenters. The number of nitrogens with one attached hydrogen (secondary N) is 1. The Labute approximate surface area is 251 Å². The van der Waals surface area contributed by atoms with Crippen LogP contribution in [0, 0.1) is 11.6 Å². The largest absolute Gasteiger partial charge is 0.480 e. The molecule has 1 aliphatic heterocycles. The van der Waals surface area contributed by atoms with Gasteiger partial charge in [0.05, 0.1) is 43.1 Å². The number of pyridine rings is 1. The van der Waals surface area contributed by atoms with E-state index in [9.17, 15) is 17.2 Å². The summed E-state index contributed by atoms with van der Waals surface area (Å²) < 4.78 is 75.1. The molecule has 44 heavy (non-hydrogen) atoms. The number of halogens is 2. The Hall–Kier alpha value is -4.47. The van der Waals surface area contributed by atoms with Crippen molar-refractivity contribution < 1.29 is 31.1 Å². The number of methoxy groups -OCH3 is 1. The lowest BCUT2D eigenvalue weighted by molar-refractivity contribution is -0.0721. The summed E-state index contributed by atoms with van der Waals surface area (Å²) in [7, 11) is -1.35. The number of anilines is 1. The molecule has 0 spiro atoms.